The summed E-state index contributed by atoms with van der Waals surface area (Å²) in [5, 5.41) is 25.2. The van der Waals surface area contributed by atoms with Crippen LogP contribution in [0.5, 0.6) is 11.5 Å². The van der Waals surface area contributed by atoms with E-state index < -0.39 is 29.3 Å². The molecule has 9 nitrogen and oxygen atoms in total. The van der Waals surface area contributed by atoms with Crippen LogP contribution in [0.4, 0.5) is 4.79 Å². The second kappa shape index (κ2) is 6.86. The summed E-state index contributed by atoms with van der Waals surface area (Å²) in [5.41, 5.74) is -0.370. The number of amides is 1. The van der Waals surface area contributed by atoms with Crippen molar-refractivity contribution < 1.29 is 33.6 Å². The SMILES string of the molecule is O=C1CCC2(OC(=O)N3CCOCC3)[C@H]3Cc4ccc(O)c5c4[C@@]2(CC[N+]3([O-])CC2CC2)C1O5. The molecule has 1 spiro atoms. The number of nitrogens with zero attached hydrogens (tertiary/aromatic N) is 2. The number of benzene rings is 1. The Labute approximate surface area is 197 Å². The summed E-state index contributed by atoms with van der Waals surface area (Å²) in [6.07, 6.45) is 2.19. The number of rotatable bonds is 3. The number of morpholine rings is 1. The molecule has 1 aromatic carbocycles. The monoisotopic (exact) mass is 470 g/mol. The van der Waals surface area contributed by atoms with E-state index >= 15 is 0 Å². The standard InChI is InChI=1S/C25H30N2O7/c28-17-4-3-16-13-19-25(34-23(30)26-8-11-32-12-9-26)6-5-18(29)22-24(25,20(16)21(17)33-22)7-10-27(19,31)14-15-1-2-15/h3-4,15,19,22,28H,1-2,5-14H2/t19-,22?,24+,25?,27?/m1/s1. The largest absolute Gasteiger partial charge is 0.632 e. The van der Waals surface area contributed by atoms with E-state index in [0.717, 1.165) is 24.0 Å². The number of phenolic OH excluding ortho intramolecular Hbond substituents is 1. The minimum atomic E-state index is -1.15. The molecule has 3 aliphatic carbocycles. The number of carbonyl (C=O) groups is 2. The van der Waals surface area contributed by atoms with E-state index in [-0.39, 0.29) is 22.6 Å². The maximum absolute atomic E-state index is 14.5. The van der Waals surface area contributed by atoms with Crippen LogP contribution in [0.25, 0.3) is 0 Å². The molecule has 0 aromatic heterocycles. The fraction of sp³-hybridized carbons (Fsp3) is 0.680. The van der Waals surface area contributed by atoms with Crippen molar-refractivity contribution in [3.8, 4) is 11.5 Å². The Kier molecular flexibility index (Phi) is 4.23. The van der Waals surface area contributed by atoms with E-state index in [0.29, 0.717) is 70.3 Å². The molecule has 4 fully saturated rings. The lowest BCUT2D eigenvalue weighted by atomic mass is 9.48. The Morgan fingerprint density at radius 2 is 2.06 bits per heavy atom. The molecule has 3 heterocycles. The number of Topliss-reactive ketones (excluding diaryl/α,β-unsaturated/α-hetero) is 1. The third-order valence-corrected chi connectivity index (χ3v) is 9.35. The molecule has 2 saturated heterocycles. The molecule has 3 aliphatic heterocycles. The van der Waals surface area contributed by atoms with E-state index in [1.54, 1.807) is 11.0 Å². The molecule has 1 amide bonds. The Hall–Kier alpha value is -2.36. The molecular weight excluding hydrogens is 440 g/mol. The van der Waals surface area contributed by atoms with Gasteiger partial charge in [0.2, 0.25) is 0 Å². The van der Waals surface area contributed by atoms with Gasteiger partial charge < -0.3 is 34.1 Å². The van der Waals surface area contributed by atoms with Gasteiger partial charge in [0, 0.05) is 50.3 Å². The van der Waals surface area contributed by atoms with Gasteiger partial charge in [-0.25, -0.2) is 4.79 Å². The summed E-state index contributed by atoms with van der Waals surface area (Å²) in [4.78, 5) is 28.4. The fourth-order valence-electron chi connectivity index (χ4n) is 7.68. The zero-order chi connectivity index (χ0) is 23.3. The predicted octanol–water partition coefficient (Wildman–Crippen LogP) is 2.01. The molecule has 0 radical (unpaired) electrons. The summed E-state index contributed by atoms with van der Waals surface area (Å²) in [6, 6.07) is 2.94. The molecule has 34 heavy (non-hydrogen) atoms. The van der Waals surface area contributed by atoms with Crippen LogP contribution in [0.3, 0.4) is 0 Å². The first-order valence-corrected chi connectivity index (χ1v) is 12.6. The second-order valence-corrected chi connectivity index (χ2v) is 11.0. The lowest BCUT2D eigenvalue weighted by Gasteiger charge is -2.67. The molecule has 6 aliphatic rings. The summed E-state index contributed by atoms with van der Waals surface area (Å²) in [7, 11) is 0. The summed E-state index contributed by atoms with van der Waals surface area (Å²) in [6.45, 7) is 2.66. The number of ether oxygens (including phenoxy) is 3. The topological polar surface area (TPSA) is 108 Å². The number of likely N-dealkylation sites (tertiary alicyclic amines) is 1. The molecule has 7 rings (SSSR count). The van der Waals surface area contributed by atoms with Crippen LogP contribution in [0, 0.1) is 11.1 Å². The van der Waals surface area contributed by atoms with Crippen molar-refractivity contribution in [2.75, 3.05) is 39.4 Å². The first kappa shape index (κ1) is 21.0. The number of carbonyl (C=O) groups excluding carboxylic acids is 2. The van der Waals surface area contributed by atoms with Gasteiger partial charge in [-0.2, -0.15) is 0 Å². The van der Waals surface area contributed by atoms with Crippen LogP contribution in [0.2, 0.25) is 0 Å². The fourth-order valence-corrected chi connectivity index (χ4v) is 7.68. The molecule has 2 bridgehead atoms. The quantitative estimate of drug-likeness (QED) is 0.532. The van der Waals surface area contributed by atoms with E-state index in [4.69, 9.17) is 14.2 Å². The van der Waals surface area contributed by atoms with Crippen LogP contribution >= 0.6 is 0 Å². The van der Waals surface area contributed by atoms with Gasteiger partial charge in [0.15, 0.2) is 29.0 Å². The number of aromatic hydroxyl groups is 1. The molecule has 182 valence electrons. The molecule has 2 saturated carbocycles. The van der Waals surface area contributed by atoms with E-state index in [9.17, 15) is 19.9 Å². The number of hydroxylamine groups is 3. The van der Waals surface area contributed by atoms with Gasteiger partial charge in [-0.15, -0.1) is 0 Å². The molecule has 1 aromatic rings. The third-order valence-electron chi connectivity index (χ3n) is 9.35. The van der Waals surface area contributed by atoms with E-state index in [1.165, 1.54) is 0 Å². The predicted molar refractivity (Wildman–Crippen MR) is 118 cm³/mol. The lowest BCUT2D eigenvalue weighted by Crippen LogP contribution is -2.81. The minimum Gasteiger partial charge on any atom is -0.632 e. The highest BCUT2D eigenvalue weighted by atomic mass is 16.6. The lowest BCUT2D eigenvalue weighted by molar-refractivity contribution is -0.923. The number of hydrogen-bond donors (Lipinski definition) is 1. The smallest absolute Gasteiger partial charge is 0.410 e. The maximum atomic E-state index is 14.5. The van der Waals surface area contributed by atoms with Crippen LogP contribution in [-0.2, 0) is 26.1 Å². The average molecular weight is 471 g/mol. The average Bonchev–Trinajstić information content (AvgIpc) is 3.56. The second-order valence-electron chi connectivity index (χ2n) is 11.0. The molecule has 3 unspecified atom stereocenters. The Bertz CT molecular complexity index is 1080. The van der Waals surface area contributed by atoms with Gasteiger partial charge in [-0.05, 0) is 24.5 Å². The molecular formula is C25H30N2O7. The van der Waals surface area contributed by atoms with Crippen LogP contribution < -0.4 is 4.74 Å². The van der Waals surface area contributed by atoms with Crippen LogP contribution in [0.15, 0.2) is 12.1 Å². The van der Waals surface area contributed by atoms with Gasteiger partial charge >= 0.3 is 6.09 Å². The van der Waals surface area contributed by atoms with Crippen molar-refractivity contribution >= 4 is 11.9 Å². The van der Waals surface area contributed by atoms with E-state index in [2.05, 4.69) is 0 Å². The molecule has 9 heteroatoms. The van der Waals surface area contributed by atoms with Crippen molar-refractivity contribution in [1.82, 2.24) is 4.90 Å². The van der Waals surface area contributed by atoms with Crippen molar-refractivity contribution in [3.05, 3.63) is 28.5 Å². The van der Waals surface area contributed by atoms with Gasteiger partial charge in [0.05, 0.1) is 31.7 Å². The number of quaternary nitrogens is 1. The van der Waals surface area contributed by atoms with Crippen molar-refractivity contribution in [2.45, 2.75) is 61.7 Å². The third kappa shape index (κ3) is 2.55. The van der Waals surface area contributed by atoms with Gasteiger partial charge in [0.1, 0.15) is 6.04 Å². The van der Waals surface area contributed by atoms with Crippen molar-refractivity contribution in [2.24, 2.45) is 5.92 Å². The number of piperidine rings is 1. The number of phenols is 1. The normalized spacial score (nSPS) is 39.9. The maximum Gasteiger partial charge on any atom is 0.410 e. The summed E-state index contributed by atoms with van der Waals surface area (Å²) < 4.78 is 17.7. The Morgan fingerprint density at radius 3 is 2.82 bits per heavy atom. The Morgan fingerprint density at radius 1 is 1.26 bits per heavy atom. The van der Waals surface area contributed by atoms with Gasteiger partial charge in [0.25, 0.3) is 0 Å². The van der Waals surface area contributed by atoms with Crippen LogP contribution in [-0.4, -0.2) is 83.7 Å². The first-order valence-electron chi connectivity index (χ1n) is 12.6. The van der Waals surface area contributed by atoms with Crippen molar-refractivity contribution in [3.63, 3.8) is 0 Å². The van der Waals surface area contributed by atoms with Gasteiger partial charge in [-0.3, -0.25) is 4.79 Å². The number of ketones is 1. The molecule has 1 N–H and O–H groups in total. The summed E-state index contributed by atoms with van der Waals surface area (Å²) in [5.74, 6) is 0.689. The van der Waals surface area contributed by atoms with Crippen molar-refractivity contribution in [1.29, 1.82) is 0 Å². The zero-order valence-electron chi connectivity index (χ0n) is 19.2. The highest BCUT2D eigenvalue weighted by Crippen LogP contribution is 2.67. The highest BCUT2D eigenvalue weighted by Gasteiger charge is 2.78. The summed E-state index contributed by atoms with van der Waals surface area (Å²) >= 11 is 0. The van der Waals surface area contributed by atoms with Gasteiger partial charge in [-0.1, -0.05) is 6.07 Å². The first-order chi connectivity index (χ1) is 16.4. The Balaban J connectivity index is 1.41. The molecule has 5 atom stereocenters. The number of hydrogen-bond acceptors (Lipinski definition) is 7. The van der Waals surface area contributed by atoms with Crippen LogP contribution in [0.1, 0.15) is 43.2 Å². The van der Waals surface area contributed by atoms with E-state index in [1.807, 2.05) is 6.07 Å². The zero-order valence-corrected chi connectivity index (χ0v) is 19.2. The minimum absolute atomic E-state index is 0.00592. The highest BCUT2D eigenvalue weighted by molar-refractivity contribution is 5.90.